The second-order valence-electron chi connectivity index (χ2n) is 8.72. The number of Topliss-reactive ketones (excluding diaryl/α,β-unsaturated/α-hetero) is 2. The van der Waals surface area contributed by atoms with E-state index in [1.165, 1.54) is 5.56 Å². The monoisotopic (exact) mass is 342 g/mol. The van der Waals surface area contributed by atoms with Crippen molar-refractivity contribution in [2.45, 2.75) is 71.8 Å². The van der Waals surface area contributed by atoms with Gasteiger partial charge in [-0.3, -0.25) is 9.59 Å². The highest BCUT2D eigenvalue weighted by molar-refractivity contribution is 6.14. The molecule has 1 saturated carbocycles. The van der Waals surface area contributed by atoms with Crippen LogP contribution in [0.3, 0.4) is 0 Å². The molecule has 136 valence electrons. The van der Waals surface area contributed by atoms with Crippen LogP contribution < -0.4 is 0 Å². The Morgan fingerprint density at radius 1 is 1.12 bits per heavy atom. The Hall–Kier alpha value is -1.48. The number of carbonyl (C=O) groups is 2. The first-order valence-electron chi connectivity index (χ1n) is 9.46. The number of aryl methyl sites for hydroxylation is 3. The molecule has 3 nitrogen and oxygen atoms in total. The zero-order valence-electron chi connectivity index (χ0n) is 16.1. The lowest BCUT2D eigenvalue weighted by Crippen LogP contribution is -2.35. The SMILES string of the molecule is Cc1cc(C)c(C2C(=O)CC(CC3CCOC(C)(C)C3)C2=O)c(C)c1. The van der Waals surface area contributed by atoms with Crippen LogP contribution in [0.2, 0.25) is 0 Å². The Labute approximate surface area is 151 Å². The maximum Gasteiger partial charge on any atom is 0.151 e. The van der Waals surface area contributed by atoms with E-state index in [2.05, 4.69) is 32.9 Å². The highest BCUT2D eigenvalue weighted by Gasteiger charge is 2.44. The average Bonchev–Trinajstić information content (AvgIpc) is 2.73. The first-order chi connectivity index (χ1) is 11.7. The molecule has 25 heavy (non-hydrogen) atoms. The molecule has 2 fully saturated rings. The van der Waals surface area contributed by atoms with Crippen LogP contribution in [0, 0.1) is 32.6 Å². The lowest BCUT2D eigenvalue weighted by Gasteiger charge is -2.36. The van der Waals surface area contributed by atoms with Gasteiger partial charge in [-0.05, 0) is 76.5 Å². The molecule has 3 unspecified atom stereocenters. The second-order valence-corrected chi connectivity index (χ2v) is 8.72. The fourth-order valence-corrected chi connectivity index (χ4v) is 4.97. The highest BCUT2D eigenvalue weighted by Crippen LogP contribution is 2.41. The summed E-state index contributed by atoms with van der Waals surface area (Å²) in [7, 11) is 0. The summed E-state index contributed by atoms with van der Waals surface area (Å²) < 4.78 is 5.79. The van der Waals surface area contributed by atoms with Gasteiger partial charge >= 0.3 is 0 Å². The first-order valence-corrected chi connectivity index (χ1v) is 9.46. The molecule has 1 saturated heterocycles. The van der Waals surface area contributed by atoms with Crippen molar-refractivity contribution in [1.82, 2.24) is 0 Å². The summed E-state index contributed by atoms with van der Waals surface area (Å²) in [5.41, 5.74) is 4.15. The van der Waals surface area contributed by atoms with Gasteiger partial charge in [-0.1, -0.05) is 17.7 Å². The molecule has 1 aromatic rings. The minimum absolute atomic E-state index is 0.108. The van der Waals surface area contributed by atoms with Crippen LogP contribution in [0.1, 0.15) is 67.7 Å². The fraction of sp³-hybridized carbons (Fsp3) is 0.636. The van der Waals surface area contributed by atoms with Gasteiger partial charge in [0.05, 0.1) is 5.60 Å². The predicted octanol–water partition coefficient (Wildman–Crippen LogP) is 4.45. The van der Waals surface area contributed by atoms with E-state index >= 15 is 0 Å². The minimum Gasteiger partial charge on any atom is -0.376 e. The fourth-order valence-electron chi connectivity index (χ4n) is 4.97. The molecular weight excluding hydrogens is 312 g/mol. The van der Waals surface area contributed by atoms with E-state index in [9.17, 15) is 9.59 Å². The summed E-state index contributed by atoms with van der Waals surface area (Å²) in [4.78, 5) is 25.8. The van der Waals surface area contributed by atoms with E-state index in [1.807, 2.05) is 13.8 Å². The molecule has 0 bridgehead atoms. The normalized spacial score (nSPS) is 29.2. The van der Waals surface area contributed by atoms with E-state index in [0.29, 0.717) is 12.3 Å². The summed E-state index contributed by atoms with van der Waals surface area (Å²) in [6.45, 7) is 11.1. The van der Waals surface area contributed by atoms with Gasteiger partial charge in [-0.15, -0.1) is 0 Å². The van der Waals surface area contributed by atoms with Gasteiger partial charge in [0, 0.05) is 18.9 Å². The van der Waals surface area contributed by atoms with Gasteiger partial charge in [-0.2, -0.15) is 0 Å². The summed E-state index contributed by atoms with van der Waals surface area (Å²) in [6, 6.07) is 4.16. The molecule has 2 aliphatic rings. The van der Waals surface area contributed by atoms with Crippen LogP contribution in [0.15, 0.2) is 12.1 Å². The molecule has 0 amide bonds. The van der Waals surface area contributed by atoms with Gasteiger partial charge in [0.1, 0.15) is 11.7 Å². The molecule has 0 N–H and O–H groups in total. The van der Waals surface area contributed by atoms with Gasteiger partial charge in [0.25, 0.3) is 0 Å². The van der Waals surface area contributed by atoms with Crippen LogP contribution in [-0.2, 0) is 14.3 Å². The second kappa shape index (κ2) is 6.68. The van der Waals surface area contributed by atoms with E-state index in [1.54, 1.807) is 0 Å². The molecule has 0 radical (unpaired) electrons. The first kappa shape index (κ1) is 18.3. The number of ketones is 2. The molecule has 1 aliphatic heterocycles. The smallest absolute Gasteiger partial charge is 0.151 e. The van der Waals surface area contributed by atoms with Crippen LogP contribution in [0.25, 0.3) is 0 Å². The lowest BCUT2D eigenvalue weighted by atomic mass is 9.80. The molecule has 1 aliphatic carbocycles. The number of rotatable bonds is 3. The van der Waals surface area contributed by atoms with E-state index in [-0.39, 0.29) is 23.1 Å². The van der Waals surface area contributed by atoms with Crippen molar-refractivity contribution in [3.8, 4) is 0 Å². The largest absolute Gasteiger partial charge is 0.376 e. The standard InChI is InChI=1S/C22H30O3/c1-13-8-14(2)19(15(3)9-13)20-18(23)11-17(21(20)24)10-16-6-7-25-22(4,5)12-16/h8-9,16-17,20H,6-7,10-12H2,1-5H3. The Kier molecular flexibility index (Phi) is 4.89. The quantitative estimate of drug-likeness (QED) is 0.762. The third-order valence-corrected chi connectivity index (χ3v) is 5.90. The van der Waals surface area contributed by atoms with Crippen molar-refractivity contribution in [2.24, 2.45) is 11.8 Å². The van der Waals surface area contributed by atoms with E-state index in [4.69, 9.17) is 4.74 Å². The van der Waals surface area contributed by atoms with Gasteiger partial charge in [-0.25, -0.2) is 0 Å². The third-order valence-electron chi connectivity index (χ3n) is 5.90. The molecule has 3 heteroatoms. The predicted molar refractivity (Wildman–Crippen MR) is 98.9 cm³/mol. The average molecular weight is 342 g/mol. The Bertz CT molecular complexity index is 678. The number of carbonyl (C=O) groups excluding carboxylic acids is 2. The zero-order chi connectivity index (χ0) is 18.4. The van der Waals surface area contributed by atoms with Crippen molar-refractivity contribution in [3.63, 3.8) is 0 Å². The molecule has 1 aromatic carbocycles. The molecule has 0 spiro atoms. The molecule has 3 rings (SSSR count). The van der Waals surface area contributed by atoms with Gasteiger partial charge in [0.15, 0.2) is 5.78 Å². The van der Waals surface area contributed by atoms with Crippen molar-refractivity contribution < 1.29 is 14.3 Å². The van der Waals surface area contributed by atoms with Crippen LogP contribution in [0.5, 0.6) is 0 Å². The lowest BCUT2D eigenvalue weighted by molar-refractivity contribution is -0.125. The Morgan fingerprint density at radius 3 is 2.36 bits per heavy atom. The van der Waals surface area contributed by atoms with Gasteiger partial charge in [0.2, 0.25) is 0 Å². The Morgan fingerprint density at radius 2 is 1.76 bits per heavy atom. The number of hydrogen-bond acceptors (Lipinski definition) is 3. The topological polar surface area (TPSA) is 43.4 Å². The van der Waals surface area contributed by atoms with Crippen molar-refractivity contribution in [2.75, 3.05) is 6.61 Å². The zero-order valence-corrected chi connectivity index (χ0v) is 16.1. The molecular formula is C22H30O3. The van der Waals surface area contributed by atoms with E-state index < -0.39 is 5.92 Å². The van der Waals surface area contributed by atoms with Crippen molar-refractivity contribution in [1.29, 1.82) is 0 Å². The van der Waals surface area contributed by atoms with Crippen LogP contribution >= 0.6 is 0 Å². The summed E-state index contributed by atoms with van der Waals surface area (Å²) >= 11 is 0. The summed E-state index contributed by atoms with van der Waals surface area (Å²) in [5.74, 6) is 0.0696. The number of ether oxygens (including phenoxy) is 1. The van der Waals surface area contributed by atoms with Crippen LogP contribution in [0.4, 0.5) is 0 Å². The maximum absolute atomic E-state index is 13.1. The third kappa shape index (κ3) is 3.72. The van der Waals surface area contributed by atoms with Crippen molar-refractivity contribution >= 4 is 11.6 Å². The Balaban J connectivity index is 1.79. The highest BCUT2D eigenvalue weighted by atomic mass is 16.5. The molecule has 1 heterocycles. The minimum atomic E-state index is -0.543. The number of hydrogen-bond donors (Lipinski definition) is 0. The molecule has 3 atom stereocenters. The van der Waals surface area contributed by atoms with Crippen LogP contribution in [-0.4, -0.2) is 23.8 Å². The molecule has 0 aromatic heterocycles. The maximum atomic E-state index is 13.1. The summed E-state index contributed by atoms with van der Waals surface area (Å²) in [6.07, 6.45) is 3.21. The van der Waals surface area contributed by atoms with Crippen molar-refractivity contribution in [3.05, 3.63) is 34.4 Å². The summed E-state index contributed by atoms with van der Waals surface area (Å²) in [5, 5.41) is 0. The number of benzene rings is 1. The van der Waals surface area contributed by atoms with E-state index in [0.717, 1.165) is 42.6 Å². The van der Waals surface area contributed by atoms with Gasteiger partial charge < -0.3 is 4.74 Å².